The van der Waals surface area contributed by atoms with Gasteiger partial charge in [-0.1, -0.05) is 26.0 Å². The van der Waals surface area contributed by atoms with Gasteiger partial charge in [-0.25, -0.2) is 4.79 Å². The Morgan fingerprint density at radius 2 is 1.94 bits per heavy atom. The third-order valence-corrected chi connectivity index (χ3v) is 2.27. The molecule has 0 bridgehead atoms. The molecule has 0 spiro atoms. The molecule has 0 heterocycles. The summed E-state index contributed by atoms with van der Waals surface area (Å²) in [4.78, 5) is 22.7. The van der Waals surface area contributed by atoms with Crippen LogP contribution in [0.4, 0.5) is 4.79 Å². The highest BCUT2D eigenvalue weighted by Crippen LogP contribution is 2.07. The number of ether oxygens (including phenoxy) is 2. The van der Waals surface area contributed by atoms with Crippen LogP contribution in [-0.4, -0.2) is 18.4 Å². The molecule has 1 amide bonds. The fourth-order valence-corrected chi connectivity index (χ4v) is 1.33. The average molecular weight is 253 g/mol. The SMILES string of the molecule is CC(C)C(=O)O[C@H](C)OC(=O)NC1=CCCC=C1. The minimum Gasteiger partial charge on any atom is -0.425 e. The van der Waals surface area contributed by atoms with Crippen LogP contribution in [0.5, 0.6) is 0 Å². The van der Waals surface area contributed by atoms with E-state index in [0.717, 1.165) is 12.8 Å². The van der Waals surface area contributed by atoms with Crippen LogP contribution >= 0.6 is 0 Å². The largest absolute Gasteiger partial charge is 0.425 e. The molecule has 0 saturated heterocycles. The summed E-state index contributed by atoms with van der Waals surface area (Å²) in [7, 11) is 0. The van der Waals surface area contributed by atoms with Crippen LogP contribution in [0.15, 0.2) is 23.9 Å². The number of amides is 1. The number of rotatable bonds is 4. The second kappa shape index (κ2) is 6.83. The van der Waals surface area contributed by atoms with Crippen molar-refractivity contribution in [3.05, 3.63) is 23.9 Å². The summed E-state index contributed by atoms with van der Waals surface area (Å²) in [5.74, 6) is -0.643. The minimum absolute atomic E-state index is 0.247. The van der Waals surface area contributed by atoms with E-state index >= 15 is 0 Å². The molecule has 1 rings (SSSR count). The molecular weight excluding hydrogens is 234 g/mol. The summed E-state index contributed by atoms with van der Waals surface area (Å²) in [5.41, 5.74) is 0.702. The number of nitrogens with one attached hydrogen (secondary N) is 1. The van der Waals surface area contributed by atoms with Gasteiger partial charge in [0.2, 0.25) is 6.29 Å². The topological polar surface area (TPSA) is 64.6 Å². The van der Waals surface area contributed by atoms with Gasteiger partial charge in [0.05, 0.1) is 5.92 Å². The van der Waals surface area contributed by atoms with Crippen LogP contribution in [0.3, 0.4) is 0 Å². The van der Waals surface area contributed by atoms with Gasteiger partial charge in [-0.3, -0.25) is 10.1 Å². The van der Waals surface area contributed by atoms with E-state index in [2.05, 4.69) is 5.32 Å². The molecule has 1 aliphatic rings. The molecule has 18 heavy (non-hydrogen) atoms. The first-order valence-electron chi connectivity index (χ1n) is 6.04. The normalized spacial score (nSPS) is 15.9. The van der Waals surface area contributed by atoms with Gasteiger partial charge in [0.25, 0.3) is 0 Å². The third-order valence-electron chi connectivity index (χ3n) is 2.27. The lowest BCUT2D eigenvalue weighted by Gasteiger charge is -2.16. The number of carbonyl (C=O) groups excluding carboxylic acids is 2. The van der Waals surface area contributed by atoms with Crippen molar-refractivity contribution < 1.29 is 19.1 Å². The van der Waals surface area contributed by atoms with Crippen molar-refractivity contribution in [3.8, 4) is 0 Å². The van der Waals surface area contributed by atoms with Crippen LogP contribution < -0.4 is 5.32 Å². The molecule has 0 aromatic rings. The first-order valence-corrected chi connectivity index (χ1v) is 6.04. The Morgan fingerprint density at radius 3 is 2.50 bits per heavy atom. The van der Waals surface area contributed by atoms with Gasteiger partial charge in [0.15, 0.2) is 0 Å². The molecule has 1 N–H and O–H groups in total. The second-order valence-electron chi connectivity index (χ2n) is 4.33. The number of hydrogen-bond donors (Lipinski definition) is 1. The van der Waals surface area contributed by atoms with E-state index in [1.165, 1.54) is 6.92 Å². The van der Waals surface area contributed by atoms with Crippen molar-refractivity contribution in [2.24, 2.45) is 5.92 Å². The monoisotopic (exact) mass is 253 g/mol. The Hall–Kier alpha value is -1.78. The molecule has 0 radical (unpaired) electrons. The first kappa shape index (κ1) is 14.3. The Morgan fingerprint density at radius 1 is 1.22 bits per heavy atom. The molecular formula is C13H19NO4. The van der Waals surface area contributed by atoms with E-state index in [4.69, 9.17) is 9.47 Å². The van der Waals surface area contributed by atoms with Gasteiger partial charge in [-0.2, -0.15) is 0 Å². The molecule has 0 aromatic heterocycles. The minimum atomic E-state index is -0.895. The summed E-state index contributed by atoms with van der Waals surface area (Å²) >= 11 is 0. The number of alkyl carbamates (subject to hydrolysis) is 1. The number of allylic oxidation sites excluding steroid dienone is 3. The van der Waals surface area contributed by atoms with Crippen LogP contribution in [0.2, 0.25) is 0 Å². The summed E-state index contributed by atoms with van der Waals surface area (Å²) in [6.45, 7) is 4.93. The lowest BCUT2D eigenvalue weighted by atomic mass is 10.1. The maximum atomic E-state index is 11.5. The zero-order valence-electron chi connectivity index (χ0n) is 10.9. The molecule has 0 aromatic carbocycles. The summed E-state index contributed by atoms with van der Waals surface area (Å²) in [5, 5.41) is 2.57. The molecule has 1 atom stereocenters. The molecule has 0 fully saturated rings. The van der Waals surface area contributed by atoms with Crippen LogP contribution in [0.25, 0.3) is 0 Å². The molecule has 5 heteroatoms. The van der Waals surface area contributed by atoms with Crippen molar-refractivity contribution in [3.63, 3.8) is 0 Å². The zero-order valence-corrected chi connectivity index (χ0v) is 10.9. The fraction of sp³-hybridized carbons (Fsp3) is 0.538. The molecule has 100 valence electrons. The van der Waals surface area contributed by atoms with Crippen LogP contribution in [-0.2, 0) is 14.3 Å². The molecule has 0 unspecified atom stereocenters. The van der Waals surface area contributed by atoms with Gasteiger partial charge >= 0.3 is 12.1 Å². The van der Waals surface area contributed by atoms with Gasteiger partial charge in [-0.05, 0) is 18.9 Å². The smallest absolute Gasteiger partial charge is 0.414 e. The van der Waals surface area contributed by atoms with E-state index in [-0.39, 0.29) is 5.92 Å². The number of esters is 1. The second-order valence-corrected chi connectivity index (χ2v) is 4.33. The van der Waals surface area contributed by atoms with Crippen molar-refractivity contribution in [1.29, 1.82) is 0 Å². The van der Waals surface area contributed by atoms with Crippen molar-refractivity contribution in [2.45, 2.75) is 39.9 Å². The quantitative estimate of drug-likeness (QED) is 0.617. The van der Waals surface area contributed by atoms with Gasteiger partial charge in [-0.15, -0.1) is 0 Å². The summed E-state index contributed by atoms with van der Waals surface area (Å²) in [6.07, 6.45) is 6.04. The highest BCUT2D eigenvalue weighted by molar-refractivity contribution is 5.73. The predicted octanol–water partition coefficient (Wildman–Crippen LogP) is 2.49. The lowest BCUT2D eigenvalue weighted by molar-refractivity contribution is -0.168. The van der Waals surface area contributed by atoms with Gasteiger partial charge < -0.3 is 9.47 Å². The molecule has 1 aliphatic carbocycles. The van der Waals surface area contributed by atoms with E-state index in [1.54, 1.807) is 13.8 Å². The van der Waals surface area contributed by atoms with E-state index in [9.17, 15) is 9.59 Å². The Bertz CT molecular complexity index is 371. The van der Waals surface area contributed by atoms with Crippen LogP contribution in [0, 0.1) is 5.92 Å². The lowest BCUT2D eigenvalue weighted by Crippen LogP contribution is -2.30. The maximum Gasteiger partial charge on any atom is 0.414 e. The number of hydrogen-bond acceptors (Lipinski definition) is 4. The van der Waals surface area contributed by atoms with Crippen LogP contribution in [0.1, 0.15) is 33.6 Å². The predicted molar refractivity (Wildman–Crippen MR) is 66.5 cm³/mol. The van der Waals surface area contributed by atoms with Crippen molar-refractivity contribution >= 4 is 12.1 Å². The number of carbonyl (C=O) groups is 2. The molecule has 0 aliphatic heterocycles. The fourth-order valence-electron chi connectivity index (χ4n) is 1.33. The highest BCUT2D eigenvalue weighted by atomic mass is 16.7. The van der Waals surface area contributed by atoms with E-state index < -0.39 is 18.4 Å². The first-order chi connectivity index (χ1) is 8.49. The van der Waals surface area contributed by atoms with E-state index in [1.807, 2.05) is 18.2 Å². The Balaban J connectivity index is 2.33. The van der Waals surface area contributed by atoms with E-state index in [0.29, 0.717) is 5.70 Å². The Kier molecular flexibility index (Phi) is 5.42. The van der Waals surface area contributed by atoms with Crippen molar-refractivity contribution in [2.75, 3.05) is 0 Å². The Labute approximate surface area is 107 Å². The molecule has 0 saturated carbocycles. The van der Waals surface area contributed by atoms with Gasteiger partial charge in [0, 0.05) is 12.6 Å². The summed E-state index contributed by atoms with van der Waals surface area (Å²) < 4.78 is 9.82. The van der Waals surface area contributed by atoms with Crippen molar-refractivity contribution in [1.82, 2.24) is 5.32 Å². The maximum absolute atomic E-state index is 11.5. The summed E-state index contributed by atoms with van der Waals surface area (Å²) in [6, 6.07) is 0. The standard InChI is InChI=1S/C13H19NO4/c1-9(2)12(15)17-10(3)18-13(16)14-11-7-5-4-6-8-11/h5,7-10H,4,6H2,1-3H3,(H,14,16)/t10-/m0/s1. The molecule has 5 nitrogen and oxygen atoms in total. The zero-order chi connectivity index (χ0) is 13.5. The highest BCUT2D eigenvalue weighted by Gasteiger charge is 2.16. The van der Waals surface area contributed by atoms with Gasteiger partial charge in [0.1, 0.15) is 0 Å². The third kappa shape index (κ3) is 5.03. The average Bonchev–Trinajstić information content (AvgIpc) is 2.29.